The van der Waals surface area contributed by atoms with Gasteiger partial charge in [-0.3, -0.25) is 4.79 Å². The summed E-state index contributed by atoms with van der Waals surface area (Å²) in [5.74, 6) is 0.704. The smallest absolute Gasteiger partial charge is 0.252 e. The maximum atomic E-state index is 12.5. The minimum atomic E-state index is -3.40. The normalized spacial score (nSPS) is 15.0. The zero-order valence-corrected chi connectivity index (χ0v) is 16.9. The average molecular weight is 409 g/mol. The number of thiophene rings is 1. The fraction of sp³-hybridized carbons (Fsp3) is 0.421. The quantitative estimate of drug-likeness (QED) is 0.728. The fourth-order valence-corrected chi connectivity index (χ4v) is 6.03. The van der Waals surface area contributed by atoms with Crippen LogP contribution in [0.5, 0.6) is 5.75 Å². The molecule has 0 bridgehead atoms. The Morgan fingerprint density at radius 2 is 1.85 bits per heavy atom. The Hall–Kier alpha value is -1.90. The van der Waals surface area contributed by atoms with Gasteiger partial charge in [-0.05, 0) is 49.1 Å². The van der Waals surface area contributed by atoms with E-state index in [-0.39, 0.29) is 12.3 Å². The van der Waals surface area contributed by atoms with Crippen LogP contribution in [-0.2, 0) is 27.7 Å². The molecule has 0 unspecified atom stereocenters. The molecule has 8 heteroatoms. The van der Waals surface area contributed by atoms with Crippen LogP contribution in [0.25, 0.3) is 0 Å². The highest BCUT2D eigenvalue weighted by Crippen LogP contribution is 2.27. The van der Waals surface area contributed by atoms with E-state index in [4.69, 9.17) is 4.74 Å². The van der Waals surface area contributed by atoms with E-state index in [1.165, 1.54) is 15.6 Å². The first-order valence-corrected chi connectivity index (χ1v) is 11.2. The molecule has 3 rings (SSSR count). The molecule has 0 aliphatic carbocycles. The molecular weight excluding hydrogens is 384 g/mol. The lowest BCUT2D eigenvalue weighted by molar-refractivity contribution is -0.120. The lowest BCUT2D eigenvalue weighted by Gasteiger charge is -2.13. The van der Waals surface area contributed by atoms with Crippen LogP contribution in [0.1, 0.15) is 23.3 Å². The molecule has 2 heterocycles. The summed E-state index contributed by atoms with van der Waals surface area (Å²) in [4.78, 5) is 12.9. The highest BCUT2D eigenvalue weighted by atomic mass is 32.2. The van der Waals surface area contributed by atoms with E-state index < -0.39 is 10.0 Å². The number of carbonyl (C=O) groups excluding carboxylic acids is 1. The number of ether oxygens (including phenoxy) is 1. The van der Waals surface area contributed by atoms with Crippen LogP contribution in [-0.4, -0.2) is 45.4 Å². The topological polar surface area (TPSA) is 75.7 Å². The minimum Gasteiger partial charge on any atom is -0.497 e. The van der Waals surface area contributed by atoms with Crippen molar-refractivity contribution in [2.24, 2.45) is 0 Å². The van der Waals surface area contributed by atoms with Crippen molar-refractivity contribution >= 4 is 27.3 Å². The van der Waals surface area contributed by atoms with Crippen LogP contribution in [0.2, 0.25) is 0 Å². The Morgan fingerprint density at radius 3 is 2.52 bits per heavy atom. The number of nitrogens with zero attached hydrogens (tertiary/aromatic N) is 1. The molecule has 1 saturated heterocycles. The Balaban J connectivity index is 1.48. The van der Waals surface area contributed by atoms with Crippen molar-refractivity contribution in [2.75, 3.05) is 26.7 Å². The second kappa shape index (κ2) is 8.86. The third-order valence-corrected chi connectivity index (χ3v) is 7.98. The summed E-state index contributed by atoms with van der Waals surface area (Å²) in [6.07, 6.45) is 2.75. The number of sulfonamides is 1. The Kier molecular flexibility index (Phi) is 6.51. The molecule has 0 spiro atoms. The summed E-state index contributed by atoms with van der Waals surface area (Å²) in [7, 11) is -1.78. The van der Waals surface area contributed by atoms with Crippen molar-refractivity contribution in [1.29, 1.82) is 0 Å². The summed E-state index contributed by atoms with van der Waals surface area (Å²) >= 11 is 1.18. The molecule has 0 saturated carbocycles. The molecule has 27 heavy (non-hydrogen) atoms. The molecular formula is C19H24N2O4S2. The first-order valence-electron chi connectivity index (χ1n) is 8.97. The molecule has 6 nitrogen and oxygen atoms in total. The molecule has 1 aliphatic heterocycles. The standard InChI is InChI=1S/C19H24N2O4S2/c1-25-16-6-4-15(5-7-16)10-11-20-18(22)14-17-8-9-19(26-17)27(23,24)21-12-2-3-13-21/h4-9H,2-3,10-14H2,1H3,(H,20,22). The zero-order valence-electron chi connectivity index (χ0n) is 15.3. The van der Waals surface area contributed by atoms with Gasteiger partial charge in [0.15, 0.2) is 0 Å². The van der Waals surface area contributed by atoms with Gasteiger partial charge in [0.05, 0.1) is 13.5 Å². The van der Waals surface area contributed by atoms with Crippen LogP contribution in [0.15, 0.2) is 40.6 Å². The Bertz CT molecular complexity index is 869. The minimum absolute atomic E-state index is 0.101. The maximum Gasteiger partial charge on any atom is 0.252 e. The number of hydrogen-bond donors (Lipinski definition) is 1. The number of nitrogens with one attached hydrogen (secondary N) is 1. The number of benzene rings is 1. The Morgan fingerprint density at radius 1 is 1.15 bits per heavy atom. The first-order chi connectivity index (χ1) is 13.0. The number of hydrogen-bond acceptors (Lipinski definition) is 5. The van der Waals surface area contributed by atoms with E-state index in [1.807, 2.05) is 24.3 Å². The lowest BCUT2D eigenvalue weighted by Crippen LogP contribution is -2.27. The zero-order chi connectivity index (χ0) is 19.3. The summed E-state index contributed by atoms with van der Waals surface area (Å²) in [6.45, 7) is 1.71. The van der Waals surface area contributed by atoms with Crippen molar-refractivity contribution in [2.45, 2.75) is 29.9 Å². The predicted molar refractivity (Wildman–Crippen MR) is 106 cm³/mol. The molecule has 146 valence electrons. The van der Waals surface area contributed by atoms with Gasteiger partial charge in [0, 0.05) is 24.5 Å². The monoisotopic (exact) mass is 408 g/mol. The van der Waals surface area contributed by atoms with Crippen molar-refractivity contribution in [3.8, 4) is 5.75 Å². The fourth-order valence-electron chi connectivity index (χ4n) is 3.01. The number of rotatable bonds is 8. The van der Waals surface area contributed by atoms with Crippen LogP contribution in [0.4, 0.5) is 0 Å². The van der Waals surface area contributed by atoms with E-state index in [1.54, 1.807) is 19.2 Å². The molecule has 2 aromatic rings. The number of methoxy groups -OCH3 is 1. The molecule has 1 fully saturated rings. The van der Waals surface area contributed by atoms with E-state index in [2.05, 4.69) is 5.32 Å². The highest BCUT2D eigenvalue weighted by Gasteiger charge is 2.28. The SMILES string of the molecule is COc1ccc(CCNC(=O)Cc2ccc(S(=O)(=O)N3CCCC3)s2)cc1. The maximum absolute atomic E-state index is 12.5. The van der Waals surface area contributed by atoms with Crippen LogP contribution in [0.3, 0.4) is 0 Å². The molecule has 0 atom stereocenters. The largest absolute Gasteiger partial charge is 0.497 e. The van der Waals surface area contributed by atoms with Crippen molar-refractivity contribution in [3.63, 3.8) is 0 Å². The molecule has 1 aromatic carbocycles. The van der Waals surface area contributed by atoms with Crippen LogP contribution in [0, 0.1) is 0 Å². The van der Waals surface area contributed by atoms with Gasteiger partial charge >= 0.3 is 0 Å². The van der Waals surface area contributed by atoms with Gasteiger partial charge in [-0.25, -0.2) is 8.42 Å². The third kappa shape index (κ3) is 5.09. The van der Waals surface area contributed by atoms with Crippen molar-refractivity contribution in [3.05, 3.63) is 46.8 Å². The van der Waals surface area contributed by atoms with Crippen LogP contribution < -0.4 is 10.1 Å². The average Bonchev–Trinajstić information content (AvgIpc) is 3.35. The van der Waals surface area contributed by atoms with Gasteiger partial charge in [-0.1, -0.05) is 12.1 Å². The van der Waals surface area contributed by atoms with E-state index in [0.29, 0.717) is 23.8 Å². The second-order valence-electron chi connectivity index (χ2n) is 6.46. The summed E-state index contributed by atoms with van der Waals surface area (Å²) in [5, 5.41) is 2.89. The summed E-state index contributed by atoms with van der Waals surface area (Å²) in [5.41, 5.74) is 1.12. The van der Waals surface area contributed by atoms with E-state index >= 15 is 0 Å². The molecule has 1 amide bonds. The first kappa shape index (κ1) is 19.9. The van der Waals surface area contributed by atoms with Gasteiger partial charge in [-0.2, -0.15) is 4.31 Å². The number of carbonyl (C=O) groups is 1. The van der Waals surface area contributed by atoms with Gasteiger partial charge < -0.3 is 10.1 Å². The number of amides is 1. The van der Waals surface area contributed by atoms with Gasteiger partial charge in [0.2, 0.25) is 5.91 Å². The second-order valence-corrected chi connectivity index (χ2v) is 9.79. The third-order valence-electron chi connectivity index (χ3n) is 4.53. The molecule has 1 aromatic heterocycles. The molecule has 1 N–H and O–H groups in total. The Labute approximate surface area is 164 Å². The molecule has 0 radical (unpaired) electrons. The predicted octanol–water partition coefficient (Wildman–Crippen LogP) is 2.44. The van der Waals surface area contributed by atoms with Crippen molar-refractivity contribution < 1.29 is 17.9 Å². The lowest BCUT2D eigenvalue weighted by atomic mass is 10.1. The van der Waals surface area contributed by atoms with E-state index in [0.717, 1.165) is 35.5 Å². The van der Waals surface area contributed by atoms with Crippen LogP contribution >= 0.6 is 11.3 Å². The van der Waals surface area contributed by atoms with Gasteiger partial charge in [-0.15, -0.1) is 11.3 Å². The van der Waals surface area contributed by atoms with Gasteiger partial charge in [0.25, 0.3) is 10.0 Å². The highest BCUT2D eigenvalue weighted by molar-refractivity contribution is 7.91. The summed E-state index contributed by atoms with van der Waals surface area (Å²) in [6, 6.07) is 11.1. The summed E-state index contributed by atoms with van der Waals surface area (Å²) < 4.78 is 32.0. The van der Waals surface area contributed by atoms with Crippen molar-refractivity contribution in [1.82, 2.24) is 9.62 Å². The molecule has 1 aliphatic rings. The van der Waals surface area contributed by atoms with Gasteiger partial charge in [0.1, 0.15) is 9.96 Å². The van der Waals surface area contributed by atoms with E-state index in [9.17, 15) is 13.2 Å².